The lowest BCUT2D eigenvalue weighted by Gasteiger charge is -2.00. The molecule has 0 aliphatic rings. The molecule has 0 rings (SSSR count). The summed E-state index contributed by atoms with van der Waals surface area (Å²) in [4.78, 5) is 10.1. The van der Waals surface area contributed by atoms with Crippen LogP contribution in [0.25, 0.3) is 0 Å². The first-order valence-corrected chi connectivity index (χ1v) is 3.60. The first-order valence-electron chi connectivity index (χ1n) is 3.16. The van der Waals surface area contributed by atoms with Gasteiger partial charge in [0.2, 0.25) is 0 Å². The molecule has 0 saturated carbocycles. The van der Waals surface area contributed by atoms with Crippen LogP contribution in [-0.4, -0.2) is 16.5 Å². The average molecular weight is 163 g/mol. The van der Waals surface area contributed by atoms with E-state index in [1.807, 2.05) is 0 Å². The van der Waals surface area contributed by atoms with Crippen LogP contribution in [-0.2, 0) is 4.79 Å². The summed E-state index contributed by atoms with van der Waals surface area (Å²) in [5.74, 6) is -0.939. The molecule has 0 fully saturated rings. The molecule has 0 amide bonds. The highest BCUT2D eigenvalue weighted by Crippen LogP contribution is 2.07. The van der Waals surface area contributed by atoms with Gasteiger partial charge in [0.05, 0.1) is 0 Å². The van der Waals surface area contributed by atoms with Gasteiger partial charge in [-0.25, -0.2) is 0 Å². The minimum absolute atomic E-state index is 0.517. The molecule has 2 nitrogen and oxygen atoms in total. The van der Waals surface area contributed by atoms with Gasteiger partial charge in [0.1, 0.15) is 5.38 Å². The van der Waals surface area contributed by atoms with E-state index in [4.69, 9.17) is 16.7 Å². The molecule has 0 aromatic carbocycles. The molecule has 1 N–H and O–H groups in total. The monoisotopic (exact) mass is 162 g/mol. The molecule has 0 bridgehead atoms. The molecular weight excluding hydrogens is 152 g/mol. The third-order valence-corrected chi connectivity index (χ3v) is 1.54. The van der Waals surface area contributed by atoms with Crippen molar-refractivity contribution in [3.8, 4) is 0 Å². The molecule has 0 aromatic heterocycles. The van der Waals surface area contributed by atoms with E-state index in [1.165, 1.54) is 0 Å². The van der Waals surface area contributed by atoms with Gasteiger partial charge in [0.25, 0.3) is 0 Å². The van der Waals surface area contributed by atoms with Crippen molar-refractivity contribution in [1.82, 2.24) is 0 Å². The molecule has 0 aliphatic carbocycles. The van der Waals surface area contributed by atoms with E-state index in [0.717, 1.165) is 12.8 Å². The van der Waals surface area contributed by atoms with Crippen LogP contribution < -0.4 is 0 Å². The Kier molecular flexibility index (Phi) is 5.03. The molecule has 0 saturated heterocycles. The fourth-order valence-electron chi connectivity index (χ4n) is 0.565. The van der Waals surface area contributed by atoms with Gasteiger partial charge in [-0.3, -0.25) is 4.79 Å². The first kappa shape index (κ1) is 9.50. The van der Waals surface area contributed by atoms with Crippen LogP contribution in [0.4, 0.5) is 0 Å². The van der Waals surface area contributed by atoms with Crippen LogP contribution in [0, 0.1) is 0 Å². The lowest BCUT2D eigenvalue weighted by Crippen LogP contribution is -2.12. The third kappa shape index (κ3) is 4.39. The van der Waals surface area contributed by atoms with E-state index < -0.39 is 11.3 Å². The van der Waals surface area contributed by atoms with Crippen LogP contribution in [0.5, 0.6) is 0 Å². The summed E-state index contributed by atoms with van der Waals surface area (Å²) in [5.41, 5.74) is 0. The summed E-state index contributed by atoms with van der Waals surface area (Å²) < 4.78 is 0. The Morgan fingerprint density at radius 3 is 2.80 bits per heavy atom. The van der Waals surface area contributed by atoms with E-state index in [9.17, 15) is 4.79 Å². The summed E-state index contributed by atoms with van der Waals surface area (Å²) in [7, 11) is 0. The van der Waals surface area contributed by atoms with Crippen molar-refractivity contribution < 1.29 is 9.90 Å². The van der Waals surface area contributed by atoms with E-state index >= 15 is 0 Å². The van der Waals surface area contributed by atoms with Gasteiger partial charge in [-0.05, 0) is 19.3 Å². The fourth-order valence-corrected chi connectivity index (χ4v) is 0.719. The van der Waals surface area contributed by atoms with Crippen molar-refractivity contribution in [3.63, 3.8) is 0 Å². The molecule has 0 radical (unpaired) electrons. The van der Waals surface area contributed by atoms with E-state index in [1.54, 1.807) is 6.08 Å². The lowest BCUT2D eigenvalue weighted by molar-refractivity contribution is -0.136. The highest BCUT2D eigenvalue weighted by atomic mass is 35.5. The molecule has 58 valence electrons. The largest absolute Gasteiger partial charge is 0.480 e. The summed E-state index contributed by atoms with van der Waals surface area (Å²) >= 11 is 5.42. The van der Waals surface area contributed by atoms with Crippen molar-refractivity contribution in [2.24, 2.45) is 0 Å². The predicted molar refractivity (Wildman–Crippen MR) is 41.3 cm³/mol. The van der Waals surface area contributed by atoms with Crippen LogP contribution in [0.15, 0.2) is 12.7 Å². The second kappa shape index (κ2) is 5.30. The van der Waals surface area contributed by atoms with Crippen molar-refractivity contribution in [2.75, 3.05) is 0 Å². The van der Waals surface area contributed by atoms with Gasteiger partial charge >= 0.3 is 5.97 Å². The second-order valence-corrected chi connectivity index (χ2v) is 2.55. The Labute approximate surface area is 65.5 Å². The van der Waals surface area contributed by atoms with E-state index in [-0.39, 0.29) is 0 Å². The molecule has 1 atom stereocenters. The molecule has 10 heavy (non-hydrogen) atoms. The zero-order chi connectivity index (χ0) is 7.98. The zero-order valence-electron chi connectivity index (χ0n) is 5.72. The lowest BCUT2D eigenvalue weighted by atomic mass is 10.2. The molecule has 0 spiro atoms. The standard InChI is InChI=1S/C7H11ClO2/c1-2-3-4-5-6(8)7(9)10/h2,6H,1,3-5H2,(H,9,10). The molecule has 0 heterocycles. The van der Waals surface area contributed by atoms with E-state index in [2.05, 4.69) is 6.58 Å². The maximum Gasteiger partial charge on any atom is 0.321 e. The number of halogens is 1. The molecule has 0 aliphatic heterocycles. The minimum atomic E-state index is -0.939. The Morgan fingerprint density at radius 1 is 1.80 bits per heavy atom. The molecule has 1 unspecified atom stereocenters. The highest BCUT2D eigenvalue weighted by molar-refractivity contribution is 6.29. The molecule has 0 aromatic rings. The summed E-state index contributed by atoms with van der Waals surface area (Å²) in [5, 5.41) is 7.59. The van der Waals surface area contributed by atoms with Gasteiger partial charge in [0, 0.05) is 0 Å². The highest BCUT2D eigenvalue weighted by Gasteiger charge is 2.11. The maximum atomic E-state index is 10.1. The summed E-state index contributed by atoms with van der Waals surface area (Å²) in [6, 6.07) is 0. The number of carboxylic acids is 1. The number of carboxylic acid groups (broad SMARTS) is 1. The smallest absolute Gasteiger partial charge is 0.321 e. The fraction of sp³-hybridized carbons (Fsp3) is 0.571. The number of hydrogen-bond acceptors (Lipinski definition) is 1. The van der Waals surface area contributed by atoms with Crippen molar-refractivity contribution in [3.05, 3.63) is 12.7 Å². The third-order valence-electron chi connectivity index (χ3n) is 1.13. The number of unbranched alkanes of at least 4 members (excludes halogenated alkanes) is 1. The van der Waals surface area contributed by atoms with Crippen LogP contribution in [0.2, 0.25) is 0 Å². The molecule has 3 heteroatoms. The van der Waals surface area contributed by atoms with Crippen molar-refractivity contribution in [2.45, 2.75) is 24.6 Å². The Bertz CT molecular complexity index is 123. The number of rotatable bonds is 5. The minimum Gasteiger partial charge on any atom is -0.480 e. The van der Waals surface area contributed by atoms with Gasteiger partial charge < -0.3 is 5.11 Å². The van der Waals surface area contributed by atoms with E-state index in [0.29, 0.717) is 6.42 Å². The Balaban J connectivity index is 3.30. The molecular formula is C7H11ClO2. The number of alkyl halides is 1. The van der Waals surface area contributed by atoms with Gasteiger partial charge in [-0.15, -0.1) is 18.2 Å². The summed E-state index contributed by atoms with van der Waals surface area (Å²) in [6.07, 6.45) is 3.90. The van der Waals surface area contributed by atoms with Crippen molar-refractivity contribution >= 4 is 17.6 Å². The second-order valence-electron chi connectivity index (χ2n) is 2.03. The van der Waals surface area contributed by atoms with Crippen molar-refractivity contribution in [1.29, 1.82) is 0 Å². The number of allylic oxidation sites excluding steroid dienone is 1. The zero-order valence-corrected chi connectivity index (χ0v) is 6.47. The predicted octanol–water partition coefficient (Wildman–Crippen LogP) is 2.03. The number of hydrogen-bond donors (Lipinski definition) is 1. The maximum absolute atomic E-state index is 10.1. The summed E-state index contributed by atoms with van der Waals surface area (Å²) in [6.45, 7) is 3.51. The SMILES string of the molecule is C=CCCCC(Cl)C(=O)O. The van der Waals surface area contributed by atoms with Gasteiger partial charge in [0.15, 0.2) is 0 Å². The van der Waals surface area contributed by atoms with Crippen LogP contribution in [0.3, 0.4) is 0 Å². The van der Waals surface area contributed by atoms with Crippen LogP contribution in [0.1, 0.15) is 19.3 Å². The topological polar surface area (TPSA) is 37.3 Å². The van der Waals surface area contributed by atoms with Gasteiger partial charge in [-0.2, -0.15) is 0 Å². The number of aliphatic carboxylic acids is 1. The quantitative estimate of drug-likeness (QED) is 0.382. The average Bonchev–Trinajstić information content (AvgIpc) is 1.88. The van der Waals surface area contributed by atoms with Crippen LogP contribution >= 0.6 is 11.6 Å². The Morgan fingerprint density at radius 2 is 2.40 bits per heavy atom. The normalized spacial score (nSPS) is 12.5. The van der Waals surface area contributed by atoms with Gasteiger partial charge in [-0.1, -0.05) is 6.08 Å². The number of carbonyl (C=O) groups is 1. The first-order chi connectivity index (χ1) is 4.68. The Hall–Kier alpha value is -0.500.